The molecule has 18 heavy (non-hydrogen) atoms. The molecule has 0 fully saturated rings. The lowest BCUT2D eigenvalue weighted by molar-refractivity contribution is 0.463. The lowest BCUT2D eigenvalue weighted by Crippen LogP contribution is -2.10. The van der Waals surface area contributed by atoms with E-state index in [2.05, 4.69) is 10.3 Å². The summed E-state index contributed by atoms with van der Waals surface area (Å²) in [6.07, 6.45) is 4.17. The number of phenolic OH excluding ortho intramolecular Hbond substituents is 1. The van der Waals surface area contributed by atoms with Gasteiger partial charge in [-0.3, -0.25) is 4.98 Å². The second kappa shape index (κ2) is 5.74. The minimum absolute atomic E-state index is 0.00731. The van der Waals surface area contributed by atoms with Crippen molar-refractivity contribution in [3.05, 3.63) is 53.3 Å². The van der Waals surface area contributed by atoms with Crippen molar-refractivity contribution in [3.8, 4) is 5.75 Å². The molecule has 0 bridgehead atoms. The van der Waals surface area contributed by atoms with Crippen LogP contribution < -0.4 is 5.32 Å². The number of anilines is 1. The van der Waals surface area contributed by atoms with Gasteiger partial charge >= 0.3 is 0 Å². The van der Waals surface area contributed by atoms with Gasteiger partial charge in [0, 0.05) is 11.8 Å². The molecule has 4 heteroatoms. The Bertz CT molecular complexity index is 531. The average Bonchev–Trinajstić information content (AvgIpc) is 2.39. The van der Waals surface area contributed by atoms with Crippen LogP contribution in [0.3, 0.4) is 0 Å². The maximum absolute atomic E-state index is 9.87. The maximum Gasteiger partial charge on any atom is 0.120 e. The number of nitrogens with zero attached hydrogens (tertiary/aromatic N) is 1. The molecule has 0 amide bonds. The molecular weight excluding hydrogens is 248 g/mol. The summed E-state index contributed by atoms with van der Waals surface area (Å²) in [6.45, 7) is 2.05. The van der Waals surface area contributed by atoms with Crippen molar-refractivity contribution in [1.29, 1.82) is 0 Å². The van der Waals surface area contributed by atoms with Crippen molar-refractivity contribution >= 4 is 17.3 Å². The highest BCUT2D eigenvalue weighted by molar-refractivity contribution is 6.33. The fraction of sp³-hybridized carbons (Fsp3) is 0.214. The zero-order valence-electron chi connectivity index (χ0n) is 10.1. The Labute approximate surface area is 111 Å². The summed E-state index contributed by atoms with van der Waals surface area (Å²) in [5.41, 5.74) is 1.63. The van der Waals surface area contributed by atoms with Gasteiger partial charge in [-0.1, -0.05) is 36.7 Å². The van der Waals surface area contributed by atoms with E-state index in [9.17, 15) is 5.11 Å². The molecule has 1 unspecified atom stereocenters. The van der Waals surface area contributed by atoms with Crippen LogP contribution in [0.2, 0.25) is 5.02 Å². The van der Waals surface area contributed by atoms with Crippen molar-refractivity contribution in [3.63, 3.8) is 0 Å². The number of aromatic hydroxyl groups is 1. The van der Waals surface area contributed by atoms with E-state index < -0.39 is 0 Å². The largest absolute Gasteiger partial charge is 0.508 e. The van der Waals surface area contributed by atoms with Crippen LogP contribution in [0, 0.1) is 0 Å². The van der Waals surface area contributed by atoms with E-state index in [4.69, 9.17) is 11.6 Å². The van der Waals surface area contributed by atoms with Gasteiger partial charge in [-0.15, -0.1) is 0 Å². The van der Waals surface area contributed by atoms with Gasteiger partial charge in [-0.2, -0.15) is 0 Å². The van der Waals surface area contributed by atoms with Crippen LogP contribution in [0.5, 0.6) is 5.75 Å². The third-order valence-electron chi connectivity index (χ3n) is 2.82. The van der Waals surface area contributed by atoms with Crippen LogP contribution in [0.25, 0.3) is 0 Å². The fourth-order valence-corrected chi connectivity index (χ4v) is 2.01. The predicted octanol–water partition coefficient (Wildman–Crippen LogP) is 4.00. The van der Waals surface area contributed by atoms with Crippen LogP contribution in [0.4, 0.5) is 5.69 Å². The van der Waals surface area contributed by atoms with Crippen LogP contribution in [0.1, 0.15) is 24.9 Å². The van der Waals surface area contributed by atoms with Gasteiger partial charge in [0.1, 0.15) is 5.75 Å². The van der Waals surface area contributed by atoms with Crippen molar-refractivity contribution < 1.29 is 5.11 Å². The molecule has 0 saturated carbocycles. The Morgan fingerprint density at radius 2 is 2.11 bits per heavy atom. The molecule has 94 valence electrons. The Morgan fingerprint density at radius 1 is 1.33 bits per heavy atom. The summed E-state index contributed by atoms with van der Waals surface area (Å²) in [5, 5.41) is 13.8. The number of hydrogen-bond acceptors (Lipinski definition) is 3. The monoisotopic (exact) mass is 262 g/mol. The summed E-state index contributed by atoms with van der Waals surface area (Å²) in [6, 6.07) is 9.05. The summed E-state index contributed by atoms with van der Waals surface area (Å²) in [5.74, 6) is 0.289. The Balaban J connectivity index is 2.26. The van der Waals surface area contributed by atoms with Gasteiger partial charge in [0.25, 0.3) is 0 Å². The van der Waals surface area contributed by atoms with E-state index in [1.165, 1.54) is 0 Å². The minimum atomic E-state index is 0.00731. The Morgan fingerprint density at radius 3 is 2.78 bits per heavy atom. The number of aromatic nitrogens is 1. The third kappa shape index (κ3) is 2.74. The van der Waals surface area contributed by atoms with Crippen molar-refractivity contribution in [1.82, 2.24) is 4.98 Å². The van der Waals surface area contributed by atoms with Crippen LogP contribution in [-0.2, 0) is 0 Å². The van der Waals surface area contributed by atoms with E-state index in [0.717, 1.165) is 17.7 Å². The fourth-order valence-electron chi connectivity index (χ4n) is 1.85. The number of para-hydroxylation sites is 1. The standard InChI is InChI=1S/C14H15ClN2O/c1-2-12(10-5-3-4-6-14(10)18)17-13-9-16-8-7-11(13)15/h3-9,12,17-18H,2H2,1H3. The van der Waals surface area contributed by atoms with Crippen LogP contribution in [0.15, 0.2) is 42.7 Å². The SMILES string of the molecule is CCC(Nc1cnccc1Cl)c1ccccc1O. The summed E-state index contributed by atoms with van der Waals surface area (Å²) < 4.78 is 0. The highest BCUT2D eigenvalue weighted by Crippen LogP contribution is 2.31. The second-order valence-corrected chi connectivity index (χ2v) is 4.43. The number of halogens is 1. The smallest absolute Gasteiger partial charge is 0.120 e. The van der Waals surface area contributed by atoms with E-state index in [-0.39, 0.29) is 11.8 Å². The lowest BCUT2D eigenvalue weighted by atomic mass is 10.0. The first-order valence-electron chi connectivity index (χ1n) is 5.86. The molecule has 3 nitrogen and oxygen atoms in total. The van der Waals surface area contributed by atoms with Gasteiger partial charge in [-0.05, 0) is 18.6 Å². The maximum atomic E-state index is 9.87. The Kier molecular flexibility index (Phi) is 4.05. The van der Waals surface area contributed by atoms with E-state index in [1.54, 1.807) is 24.5 Å². The number of benzene rings is 1. The number of nitrogens with one attached hydrogen (secondary N) is 1. The first-order chi connectivity index (χ1) is 8.72. The minimum Gasteiger partial charge on any atom is -0.508 e. The molecular formula is C14H15ClN2O. The summed E-state index contributed by atoms with van der Waals surface area (Å²) in [4.78, 5) is 4.04. The van der Waals surface area contributed by atoms with E-state index >= 15 is 0 Å². The molecule has 2 aromatic rings. The molecule has 0 aliphatic rings. The van der Waals surface area contributed by atoms with Gasteiger partial charge in [0.05, 0.1) is 22.9 Å². The molecule has 1 aromatic heterocycles. The zero-order chi connectivity index (χ0) is 13.0. The highest BCUT2D eigenvalue weighted by atomic mass is 35.5. The van der Waals surface area contributed by atoms with Gasteiger partial charge in [0.2, 0.25) is 0 Å². The molecule has 0 aliphatic heterocycles. The molecule has 0 spiro atoms. The molecule has 0 saturated heterocycles. The second-order valence-electron chi connectivity index (χ2n) is 4.02. The summed E-state index contributed by atoms with van der Waals surface area (Å²) >= 11 is 6.09. The normalized spacial score (nSPS) is 12.1. The molecule has 1 aromatic carbocycles. The highest BCUT2D eigenvalue weighted by Gasteiger charge is 2.14. The average molecular weight is 263 g/mol. The van der Waals surface area contributed by atoms with Crippen molar-refractivity contribution in [2.45, 2.75) is 19.4 Å². The first-order valence-corrected chi connectivity index (χ1v) is 6.24. The van der Waals surface area contributed by atoms with Gasteiger partial charge < -0.3 is 10.4 Å². The van der Waals surface area contributed by atoms with Gasteiger partial charge in [-0.25, -0.2) is 0 Å². The number of pyridine rings is 1. The molecule has 1 atom stereocenters. The predicted molar refractivity (Wildman–Crippen MR) is 74.0 cm³/mol. The van der Waals surface area contributed by atoms with Crippen molar-refractivity contribution in [2.75, 3.05) is 5.32 Å². The number of hydrogen-bond donors (Lipinski definition) is 2. The van der Waals surface area contributed by atoms with E-state index in [0.29, 0.717) is 5.02 Å². The van der Waals surface area contributed by atoms with E-state index in [1.807, 2.05) is 25.1 Å². The van der Waals surface area contributed by atoms with Crippen molar-refractivity contribution in [2.24, 2.45) is 0 Å². The summed E-state index contributed by atoms with van der Waals surface area (Å²) in [7, 11) is 0. The van der Waals surface area contributed by atoms with Gasteiger partial charge in [0.15, 0.2) is 0 Å². The third-order valence-corrected chi connectivity index (χ3v) is 3.15. The molecule has 2 rings (SSSR count). The topological polar surface area (TPSA) is 45.2 Å². The Hall–Kier alpha value is -1.74. The zero-order valence-corrected chi connectivity index (χ0v) is 10.9. The number of rotatable bonds is 4. The van der Waals surface area contributed by atoms with Crippen LogP contribution in [-0.4, -0.2) is 10.1 Å². The lowest BCUT2D eigenvalue weighted by Gasteiger charge is -2.20. The quantitative estimate of drug-likeness (QED) is 0.875. The molecule has 0 aliphatic carbocycles. The first kappa shape index (κ1) is 12.7. The molecule has 0 radical (unpaired) electrons. The molecule has 2 N–H and O–H groups in total. The number of phenols is 1. The molecule has 1 heterocycles. The van der Waals surface area contributed by atoms with Crippen LogP contribution >= 0.6 is 11.6 Å².